The van der Waals surface area contributed by atoms with E-state index in [0.717, 1.165) is 27.6 Å². The first-order chi connectivity index (χ1) is 13.3. The Kier molecular flexibility index (Phi) is 8.00. The summed E-state index contributed by atoms with van der Waals surface area (Å²) in [7, 11) is 0. The Balaban J connectivity index is 2.17. The number of ether oxygens (including phenoxy) is 1. The largest absolute Gasteiger partial charge is 0.444 e. The highest BCUT2D eigenvalue weighted by Gasteiger charge is 2.22. The van der Waals surface area contributed by atoms with Crippen molar-refractivity contribution < 1.29 is 9.53 Å². The lowest BCUT2D eigenvalue weighted by Gasteiger charge is -2.28. The monoisotopic (exact) mass is 398 g/mol. The summed E-state index contributed by atoms with van der Waals surface area (Å²) in [5.74, 6) is 0.967. The Bertz CT molecular complexity index is 785. The molecule has 2 aromatic rings. The van der Waals surface area contributed by atoms with E-state index in [4.69, 9.17) is 4.74 Å². The molecule has 5 heteroatoms. The van der Waals surface area contributed by atoms with E-state index in [0.29, 0.717) is 13.1 Å². The molecule has 0 unspecified atom stereocenters. The number of anilines is 1. The number of hydrogen-bond acceptors (Lipinski definition) is 4. The molecule has 0 aliphatic rings. The minimum Gasteiger partial charge on any atom is -0.444 e. The zero-order chi connectivity index (χ0) is 20.6. The molecule has 0 spiro atoms. The van der Waals surface area contributed by atoms with Gasteiger partial charge in [0.15, 0.2) is 0 Å². The Hall–Kier alpha value is -2.40. The van der Waals surface area contributed by atoms with Crippen LogP contribution in [0.3, 0.4) is 0 Å². The molecule has 1 N–H and O–H groups in total. The molecule has 4 nitrogen and oxygen atoms in total. The molecule has 28 heavy (non-hydrogen) atoms. The first kappa shape index (κ1) is 21.9. The smallest absolute Gasteiger partial charge is 0.410 e. The number of thioether (sulfide) groups is 1. The van der Waals surface area contributed by atoms with E-state index >= 15 is 0 Å². The second kappa shape index (κ2) is 10.2. The van der Waals surface area contributed by atoms with E-state index < -0.39 is 5.60 Å². The van der Waals surface area contributed by atoms with Crippen molar-refractivity contribution in [1.82, 2.24) is 4.90 Å². The van der Waals surface area contributed by atoms with Crippen molar-refractivity contribution in [1.29, 1.82) is 0 Å². The number of carbonyl (C=O) groups is 1. The van der Waals surface area contributed by atoms with Gasteiger partial charge in [-0.15, -0.1) is 11.8 Å². The fraction of sp³-hybridized carbons (Fsp3) is 0.348. The summed E-state index contributed by atoms with van der Waals surface area (Å²) < 4.78 is 5.62. The summed E-state index contributed by atoms with van der Waals surface area (Å²) in [6, 6.07) is 18.0. The molecule has 2 aromatic carbocycles. The van der Waals surface area contributed by atoms with Gasteiger partial charge >= 0.3 is 6.09 Å². The van der Waals surface area contributed by atoms with Gasteiger partial charge < -0.3 is 10.1 Å². The van der Waals surface area contributed by atoms with Crippen LogP contribution in [0.1, 0.15) is 38.8 Å². The lowest BCUT2D eigenvalue weighted by molar-refractivity contribution is 0.0216. The summed E-state index contributed by atoms with van der Waals surface area (Å²) in [4.78, 5) is 14.5. The Morgan fingerprint density at radius 1 is 1.07 bits per heavy atom. The number of nitrogens with one attached hydrogen (secondary N) is 1. The molecule has 0 bridgehead atoms. The number of amides is 1. The first-order valence-electron chi connectivity index (χ1n) is 9.46. The van der Waals surface area contributed by atoms with Crippen molar-refractivity contribution in [3.05, 3.63) is 77.3 Å². The van der Waals surface area contributed by atoms with E-state index in [1.54, 1.807) is 16.7 Å². The van der Waals surface area contributed by atoms with Crippen LogP contribution < -0.4 is 5.32 Å². The average molecular weight is 399 g/mol. The van der Waals surface area contributed by atoms with Crippen LogP contribution in [0.15, 0.2) is 66.2 Å². The van der Waals surface area contributed by atoms with E-state index in [1.807, 2.05) is 75.4 Å². The lowest BCUT2D eigenvalue weighted by Crippen LogP contribution is -2.36. The van der Waals surface area contributed by atoms with E-state index in [-0.39, 0.29) is 6.09 Å². The lowest BCUT2D eigenvalue weighted by atomic mass is 10.1. The standard InChI is InChI=1S/C23H30N2O2S/c1-6-28-18(2)24-21-14-10-13-20(15-21)17-25(22(26)27-23(3,4)5)16-19-11-8-7-9-12-19/h7-15,24H,2,6,16-17H2,1,3-5H3. The minimum atomic E-state index is -0.537. The normalized spacial score (nSPS) is 11.0. The molecule has 2 rings (SSSR count). The molecular weight excluding hydrogens is 368 g/mol. The third kappa shape index (κ3) is 7.69. The van der Waals surface area contributed by atoms with Crippen LogP contribution in [-0.2, 0) is 17.8 Å². The number of rotatable bonds is 8. The second-order valence-corrected chi connectivity index (χ2v) is 8.86. The molecule has 0 radical (unpaired) electrons. The van der Waals surface area contributed by atoms with E-state index in [2.05, 4.69) is 18.8 Å². The first-order valence-corrected chi connectivity index (χ1v) is 10.4. The van der Waals surface area contributed by atoms with Crippen LogP contribution in [0, 0.1) is 0 Å². The summed E-state index contributed by atoms with van der Waals surface area (Å²) in [5, 5.41) is 4.22. The van der Waals surface area contributed by atoms with E-state index in [9.17, 15) is 4.79 Å². The highest BCUT2D eigenvalue weighted by atomic mass is 32.2. The third-order valence-electron chi connectivity index (χ3n) is 3.77. The highest BCUT2D eigenvalue weighted by molar-refractivity contribution is 8.03. The molecule has 0 atom stereocenters. The maximum absolute atomic E-state index is 12.8. The average Bonchev–Trinajstić information content (AvgIpc) is 2.61. The van der Waals surface area contributed by atoms with Gasteiger partial charge in [0.05, 0.1) is 5.03 Å². The van der Waals surface area contributed by atoms with Crippen LogP contribution in [0.2, 0.25) is 0 Å². The van der Waals surface area contributed by atoms with Gasteiger partial charge in [0.1, 0.15) is 5.60 Å². The quantitative estimate of drug-likeness (QED) is 0.570. The maximum atomic E-state index is 12.8. The van der Waals surface area contributed by atoms with Gasteiger partial charge in [0.25, 0.3) is 0 Å². The zero-order valence-corrected chi connectivity index (χ0v) is 18.0. The Morgan fingerprint density at radius 2 is 1.71 bits per heavy atom. The molecule has 0 heterocycles. The SMILES string of the molecule is C=C(Nc1cccc(CN(Cc2ccccc2)C(=O)OC(C)(C)C)c1)SCC. The van der Waals surface area contributed by atoms with Crippen molar-refractivity contribution >= 4 is 23.5 Å². The fourth-order valence-corrected chi connectivity index (χ4v) is 3.19. The summed E-state index contributed by atoms with van der Waals surface area (Å²) in [6.45, 7) is 12.7. The summed E-state index contributed by atoms with van der Waals surface area (Å²) in [5.41, 5.74) is 2.52. The third-order valence-corrected chi connectivity index (χ3v) is 4.51. The van der Waals surface area contributed by atoms with Crippen LogP contribution in [-0.4, -0.2) is 22.3 Å². The van der Waals surface area contributed by atoms with Gasteiger partial charge in [-0.05, 0) is 49.8 Å². The summed E-state index contributed by atoms with van der Waals surface area (Å²) in [6.07, 6.45) is -0.319. The maximum Gasteiger partial charge on any atom is 0.410 e. The number of benzene rings is 2. The van der Waals surface area contributed by atoms with Gasteiger partial charge in [-0.3, -0.25) is 4.90 Å². The predicted molar refractivity (Wildman–Crippen MR) is 119 cm³/mol. The molecule has 0 aliphatic heterocycles. The Labute approximate surface area is 173 Å². The summed E-state index contributed by atoms with van der Waals surface area (Å²) >= 11 is 1.67. The Morgan fingerprint density at radius 3 is 2.36 bits per heavy atom. The topological polar surface area (TPSA) is 41.6 Å². The minimum absolute atomic E-state index is 0.319. The van der Waals surface area contributed by atoms with E-state index in [1.165, 1.54) is 0 Å². The number of hydrogen-bond donors (Lipinski definition) is 1. The second-order valence-electron chi connectivity index (χ2n) is 7.50. The van der Waals surface area contributed by atoms with Crippen molar-refractivity contribution in [3.8, 4) is 0 Å². The number of nitrogens with zero attached hydrogens (tertiary/aromatic N) is 1. The van der Waals surface area contributed by atoms with Gasteiger partial charge in [-0.25, -0.2) is 4.79 Å². The van der Waals surface area contributed by atoms with Crippen molar-refractivity contribution in [2.24, 2.45) is 0 Å². The van der Waals surface area contributed by atoms with Gasteiger partial charge in [-0.1, -0.05) is 56.0 Å². The molecule has 1 amide bonds. The molecule has 0 saturated heterocycles. The van der Waals surface area contributed by atoms with Crippen LogP contribution >= 0.6 is 11.8 Å². The molecule has 0 aliphatic carbocycles. The molecule has 0 saturated carbocycles. The molecule has 0 aromatic heterocycles. The fourth-order valence-electron chi connectivity index (χ4n) is 2.65. The van der Waals surface area contributed by atoms with Gasteiger partial charge in [0.2, 0.25) is 0 Å². The van der Waals surface area contributed by atoms with Crippen molar-refractivity contribution in [2.45, 2.75) is 46.4 Å². The predicted octanol–water partition coefficient (Wildman–Crippen LogP) is 6.26. The highest BCUT2D eigenvalue weighted by Crippen LogP contribution is 2.21. The number of carbonyl (C=O) groups excluding carboxylic acids is 1. The van der Waals surface area contributed by atoms with Crippen LogP contribution in [0.25, 0.3) is 0 Å². The molecule has 150 valence electrons. The van der Waals surface area contributed by atoms with Gasteiger partial charge in [-0.2, -0.15) is 0 Å². The molecule has 0 fully saturated rings. The molecular formula is C23H30N2O2S. The van der Waals surface area contributed by atoms with Crippen LogP contribution in [0.4, 0.5) is 10.5 Å². The van der Waals surface area contributed by atoms with Gasteiger partial charge in [0, 0.05) is 18.8 Å². The van der Waals surface area contributed by atoms with Crippen molar-refractivity contribution in [3.63, 3.8) is 0 Å². The van der Waals surface area contributed by atoms with Crippen LogP contribution in [0.5, 0.6) is 0 Å². The van der Waals surface area contributed by atoms with Crippen molar-refractivity contribution in [2.75, 3.05) is 11.1 Å². The zero-order valence-electron chi connectivity index (χ0n) is 17.2.